The molecule has 0 radical (unpaired) electrons. The maximum absolute atomic E-state index is 7.60. The van der Waals surface area contributed by atoms with Crippen LogP contribution in [0.4, 0.5) is 0 Å². The predicted octanol–water partition coefficient (Wildman–Crippen LogP) is 2.94. The standard InChI is InChI=1S/C8H4Cl2N2/c9-7-8(10)12-6-4-2-1-3-5(6)11-7/h1-4H/i1D,2D,3D,4D. The maximum atomic E-state index is 7.60. The summed E-state index contributed by atoms with van der Waals surface area (Å²) >= 11 is 11.3. The molecular weight excluding hydrogens is 195 g/mol. The van der Waals surface area contributed by atoms with E-state index in [1.54, 1.807) is 0 Å². The van der Waals surface area contributed by atoms with Crippen LogP contribution in [0.5, 0.6) is 0 Å². The lowest BCUT2D eigenvalue weighted by molar-refractivity contribution is 1.29. The second-order valence-electron chi connectivity index (χ2n) is 2.00. The number of aromatic nitrogens is 2. The van der Waals surface area contributed by atoms with E-state index in [4.69, 9.17) is 28.7 Å². The summed E-state index contributed by atoms with van der Waals surface area (Å²) in [5, 5.41) is -0.168. The van der Waals surface area contributed by atoms with Crippen molar-refractivity contribution in [1.82, 2.24) is 9.97 Å². The Balaban J connectivity index is 3.02. The molecule has 60 valence electrons. The molecule has 2 rings (SSSR count). The molecule has 0 N–H and O–H groups in total. The van der Waals surface area contributed by atoms with Crippen LogP contribution in [0.15, 0.2) is 24.2 Å². The number of hydrogen-bond donors (Lipinski definition) is 0. The molecule has 0 atom stereocenters. The van der Waals surface area contributed by atoms with Crippen molar-refractivity contribution in [3.05, 3.63) is 34.5 Å². The summed E-state index contributed by atoms with van der Waals surface area (Å²) in [6.45, 7) is 0. The van der Waals surface area contributed by atoms with Crippen molar-refractivity contribution < 1.29 is 5.48 Å². The molecule has 0 fully saturated rings. The number of benzene rings is 1. The summed E-state index contributed by atoms with van der Waals surface area (Å²) < 4.78 is 30.1. The van der Waals surface area contributed by atoms with Gasteiger partial charge in [-0.3, -0.25) is 0 Å². The molecule has 0 unspecified atom stereocenters. The van der Waals surface area contributed by atoms with Crippen LogP contribution in [0.1, 0.15) is 5.48 Å². The second kappa shape index (κ2) is 2.88. The van der Waals surface area contributed by atoms with Crippen molar-refractivity contribution >= 4 is 34.2 Å². The largest absolute Gasteiger partial charge is 0.231 e. The molecule has 1 aromatic heterocycles. The van der Waals surface area contributed by atoms with Crippen LogP contribution >= 0.6 is 23.2 Å². The lowest BCUT2D eigenvalue weighted by atomic mass is 10.3. The van der Waals surface area contributed by atoms with Gasteiger partial charge in [-0.15, -0.1) is 0 Å². The van der Waals surface area contributed by atoms with Gasteiger partial charge in [0.15, 0.2) is 10.3 Å². The molecule has 12 heavy (non-hydrogen) atoms. The van der Waals surface area contributed by atoms with Gasteiger partial charge in [0.1, 0.15) is 0 Å². The van der Waals surface area contributed by atoms with Crippen LogP contribution in [0, 0.1) is 0 Å². The van der Waals surface area contributed by atoms with Gasteiger partial charge in [0, 0.05) is 0 Å². The first-order valence-electron chi connectivity index (χ1n) is 5.02. The van der Waals surface area contributed by atoms with E-state index in [0.29, 0.717) is 0 Å². The number of halogens is 2. The molecule has 0 aliphatic heterocycles. The van der Waals surface area contributed by atoms with Crippen LogP contribution in [0.25, 0.3) is 11.0 Å². The lowest BCUT2D eigenvalue weighted by Gasteiger charge is -1.97. The average Bonchev–Trinajstić information content (AvgIpc) is 2.26. The van der Waals surface area contributed by atoms with Gasteiger partial charge in [0.05, 0.1) is 16.5 Å². The van der Waals surface area contributed by atoms with E-state index < -0.39 is 0 Å². The van der Waals surface area contributed by atoms with Crippen molar-refractivity contribution in [1.29, 1.82) is 0 Å². The Hall–Kier alpha value is -0.860. The number of rotatable bonds is 0. The summed E-state index contributed by atoms with van der Waals surface area (Å²) in [5.41, 5.74) is 0.0285. The van der Waals surface area contributed by atoms with Crippen LogP contribution in [-0.4, -0.2) is 9.97 Å². The number of hydrogen-bond acceptors (Lipinski definition) is 2. The van der Waals surface area contributed by atoms with Gasteiger partial charge in [-0.2, -0.15) is 0 Å². The third-order valence-corrected chi connectivity index (χ3v) is 1.86. The van der Waals surface area contributed by atoms with E-state index in [-0.39, 0.29) is 45.5 Å². The van der Waals surface area contributed by atoms with Crippen molar-refractivity contribution in [2.24, 2.45) is 0 Å². The Bertz CT molecular complexity index is 550. The van der Waals surface area contributed by atoms with Gasteiger partial charge in [-0.05, 0) is 12.1 Å². The Morgan fingerprint density at radius 3 is 1.83 bits per heavy atom. The van der Waals surface area contributed by atoms with Crippen LogP contribution < -0.4 is 0 Å². The molecule has 0 saturated carbocycles. The summed E-state index contributed by atoms with van der Waals surface area (Å²) in [5.74, 6) is 0. The Labute approximate surface area is 84.8 Å². The first kappa shape index (κ1) is 4.40. The smallest absolute Gasteiger partial charge is 0.167 e. The highest BCUT2D eigenvalue weighted by molar-refractivity contribution is 6.40. The molecule has 0 aliphatic rings. The highest BCUT2D eigenvalue weighted by Gasteiger charge is 2.02. The van der Waals surface area contributed by atoms with Gasteiger partial charge in [0.25, 0.3) is 0 Å². The zero-order valence-corrected chi connectivity index (χ0v) is 7.16. The molecule has 0 amide bonds. The monoisotopic (exact) mass is 202 g/mol. The predicted molar refractivity (Wildman–Crippen MR) is 49.6 cm³/mol. The molecule has 0 bridgehead atoms. The molecule has 2 nitrogen and oxygen atoms in total. The van der Waals surface area contributed by atoms with Crippen LogP contribution in [0.3, 0.4) is 0 Å². The maximum Gasteiger partial charge on any atom is 0.167 e. The van der Waals surface area contributed by atoms with E-state index in [1.807, 2.05) is 0 Å². The van der Waals surface area contributed by atoms with Crippen molar-refractivity contribution in [2.75, 3.05) is 0 Å². The van der Waals surface area contributed by atoms with E-state index >= 15 is 0 Å². The van der Waals surface area contributed by atoms with Gasteiger partial charge < -0.3 is 0 Å². The summed E-state index contributed by atoms with van der Waals surface area (Å²) in [4.78, 5) is 7.60. The van der Waals surface area contributed by atoms with Crippen molar-refractivity contribution in [3.63, 3.8) is 0 Å². The number of nitrogens with zero attached hydrogens (tertiary/aromatic N) is 2. The second-order valence-corrected chi connectivity index (χ2v) is 2.72. The lowest BCUT2D eigenvalue weighted by Crippen LogP contribution is -1.85. The van der Waals surface area contributed by atoms with E-state index in [0.717, 1.165) is 0 Å². The Morgan fingerprint density at radius 2 is 1.42 bits per heavy atom. The van der Waals surface area contributed by atoms with Gasteiger partial charge in [0.2, 0.25) is 0 Å². The zero-order chi connectivity index (χ0) is 12.0. The summed E-state index contributed by atoms with van der Waals surface area (Å²) in [7, 11) is 0. The molecule has 2 aromatic rings. The molecule has 0 spiro atoms. The molecular formula is C8H4Cl2N2. The minimum absolute atomic E-state index is 0.0143. The van der Waals surface area contributed by atoms with Crippen molar-refractivity contribution in [3.8, 4) is 0 Å². The average molecular weight is 203 g/mol. The topological polar surface area (TPSA) is 25.8 Å². The molecule has 0 saturated heterocycles. The van der Waals surface area contributed by atoms with Crippen LogP contribution in [-0.2, 0) is 0 Å². The number of para-hydroxylation sites is 2. The number of fused-ring (bicyclic) bond motifs is 1. The summed E-state index contributed by atoms with van der Waals surface area (Å²) in [6, 6.07) is -1.29. The first-order valence-corrected chi connectivity index (χ1v) is 3.78. The Morgan fingerprint density at radius 1 is 1.00 bits per heavy atom. The van der Waals surface area contributed by atoms with Gasteiger partial charge in [-0.25, -0.2) is 9.97 Å². The fourth-order valence-electron chi connectivity index (χ4n) is 0.750. The molecule has 0 aliphatic carbocycles. The highest BCUT2D eigenvalue weighted by atomic mass is 35.5. The van der Waals surface area contributed by atoms with E-state index in [2.05, 4.69) is 9.97 Å². The molecule has 4 heteroatoms. The van der Waals surface area contributed by atoms with E-state index in [9.17, 15) is 0 Å². The summed E-state index contributed by atoms with van der Waals surface area (Å²) in [6.07, 6.45) is 0. The fourth-order valence-corrected chi connectivity index (χ4v) is 1.00. The first-order chi connectivity index (χ1) is 7.43. The van der Waals surface area contributed by atoms with Gasteiger partial charge in [-0.1, -0.05) is 35.3 Å². The normalized spacial score (nSPS) is 15.2. The quantitative estimate of drug-likeness (QED) is 0.657. The third kappa shape index (κ3) is 1.24. The molecule has 1 aromatic carbocycles. The minimum Gasteiger partial charge on any atom is -0.231 e. The molecule has 1 heterocycles. The highest BCUT2D eigenvalue weighted by Crippen LogP contribution is 2.20. The van der Waals surface area contributed by atoms with Gasteiger partial charge >= 0.3 is 0 Å². The Kier molecular flexibility index (Phi) is 1.06. The zero-order valence-electron chi connectivity index (χ0n) is 9.65. The minimum atomic E-state index is -0.370. The SMILES string of the molecule is [2H]c1c([2H])c([2H])c2nc(Cl)c(Cl)nc2c1[2H]. The van der Waals surface area contributed by atoms with E-state index in [1.165, 1.54) is 0 Å². The van der Waals surface area contributed by atoms with Crippen molar-refractivity contribution in [2.45, 2.75) is 0 Å². The fraction of sp³-hybridized carbons (Fsp3) is 0. The third-order valence-electron chi connectivity index (χ3n) is 1.24. The van der Waals surface area contributed by atoms with Crippen LogP contribution in [0.2, 0.25) is 10.3 Å².